The fourth-order valence-corrected chi connectivity index (χ4v) is 9.71. The lowest BCUT2D eigenvalue weighted by Crippen LogP contribution is -2.56. The topological polar surface area (TPSA) is 69.7 Å². The third kappa shape index (κ3) is 6.71. The fraction of sp³-hybridized carbons (Fsp3) is 0.333. The van der Waals surface area contributed by atoms with Crippen LogP contribution in [0.15, 0.2) is 103 Å². The largest absolute Gasteiger partial charge is 0.354 e. The van der Waals surface area contributed by atoms with Gasteiger partial charge in [0.1, 0.15) is 0 Å². The van der Waals surface area contributed by atoms with Crippen molar-refractivity contribution in [2.45, 2.75) is 48.1 Å². The molecule has 2 unspecified atom stereocenters. The molecule has 0 saturated carbocycles. The Morgan fingerprint density at radius 1 is 0.896 bits per heavy atom. The smallest absolute Gasteiger partial charge is 0.235 e. The maximum absolute atomic E-state index is 14.9. The number of hydrogen-bond acceptors (Lipinski definition) is 4. The average molecular weight is 703 g/mol. The highest BCUT2D eigenvalue weighted by molar-refractivity contribution is 7.85. The Bertz CT molecular complexity index is 1760. The van der Waals surface area contributed by atoms with E-state index >= 15 is 0 Å². The van der Waals surface area contributed by atoms with Gasteiger partial charge in [-0.2, -0.15) is 0 Å². The van der Waals surface area contributed by atoms with Gasteiger partial charge in [-0.15, -0.1) is 0 Å². The van der Waals surface area contributed by atoms with E-state index in [1.54, 1.807) is 11.0 Å². The van der Waals surface area contributed by atoms with Crippen molar-refractivity contribution in [3.8, 4) is 0 Å². The van der Waals surface area contributed by atoms with Gasteiger partial charge in [0.25, 0.3) is 0 Å². The molecule has 6 nitrogen and oxygen atoms in total. The zero-order chi connectivity index (χ0) is 33.9. The van der Waals surface area contributed by atoms with Gasteiger partial charge in [-0.05, 0) is 72.3 Å². The van der Waals surface area contributed by atoms with E-state index in [0.29, 0.717) is 28.8 Å². The van der Waals surface area contributed by atoms with Crippen molar-refractivity contribution >= 4 is 45.8 Å². The van der Waals surface area contributed by atoms with Crippen molar-refractivity contribution < 1.29 is 13.8 Å². The standard InChI is InChI=1S/C39H41Cl2N3O3S/c1-28(45)42-27-38(32-17-18-34(40)35(41)25-32,43(2)37(46)36(29-11-5-3-6-12-29)30-13-7-4-8-14-30)19-22-44-23-20-39(21-24-44)33-16-10-9-15-31(33)26-48(39)47/h3-18,25,36H,19-24,26-27H2,1-2H3,(H,42,45). The highest BCUT2D eigenvalue weighted by Crippen LogP contribution is 2.47. The Hall–Kier alpha value is -3.49. The van der Waals surface area contributed by atoms with Gasteiger partial charge < -0.3 is 15.1 Å². The third-order valence-electron chi connectivity index (χ3n) is 10.3. The molecule has 1 spiro atoms. The summed E-state index contributed by atoms with van der Waals surface area (Å²) < 4.78 is 13.2. The number of nitrogens with zero attached hydrogens (tertiary/aromatic N) is 2. The van der Waals surface area contributed by atoms with Crippen LogP contribution in [0, 0.1) is 0 Å². The van der Waals surface area contributed by atoms with Gasteiger partial charge in [0.05, 0.1) is 26.2 Å². The second kappa shape index (κ2) is 14.6. The van der Waals surface area contributed by atoms with E-state index in [0.717, 1.165) is 42.6 Å². The first-order chi connectivity index (χ1) is 23.1. The SMILES string of the molecule is CC(=O)NCC(CCN1CCC2(CC1)c1ccccc1CS2=O)(c1ccc(Cl)c(Cl)c1)N(C)C(=O)C(c1ccccc1)c1ccccc1. The lowest BCUT2D eigenvalue weighted by atomic mass is 9.81. The molecule has 1 fully saturated rings. The van der Waals surface area contributed by atoms with E-state index in [1.807, 2.05) is 92.0 Å². The molecule has 48 heavy (non-hydrogen) atoms. The van der Waals surface area contributed by atoms with E-state index in [9.17, 15) is 13.8 Å². The second-order valence-electron chi connectivity index (χ2n) is 13.0. The Morgan fingerprint density at radius 2 is 1.50 bits per heavy atom. The van der Waals surface area contributed by atoms with Gasteiger partial charge in [0, 0.05) is 43.6 Å². The maximum atomic E-state index is 14.9. The number of rotatable bonds is 10. The predicted molar refractivity (Wildman–Crippen MR) is 195 cm³/mol. The lowest BCUT2D eigenvalue weighted by Gasteiger charge is -2.46. The first-order valence-corrected chi connectivity index (χ1v) is 18.5. The molecular weight excluding hydrogens is 661 g/mol. The second-order valence-corrected chi connectivity index (χ2v) is 15.5. The minimum absolute atomic E-state index is 0.0978. The summed E-state index contributed by atoms with van der Waals surface area (Å²) in [7, 11) is 0.876. The number of hydrogen-bond donors (Lipinski definition) is 1. The van der Waals surface area contributed by atoms with Crippen LogP contribution in [0.1, 0.15) is 59.9 Å². The molecule has 0 radical (unpaired) electrons. The fourth-order valence-electron chi connectivity index (χ4n) is 7.51. The molecule has 2 amide bonds. The number of carbonyl (C=O) groups is 2. The minimum Gasteiger partial charge on any atom is -0.354 e. The highest BCUT2D eigenvalue weighted by Gasteiger charge is 2.48. The normalized spacial score (nSPS) is 18.3. The molecule has 0 aliphatic carbocycles. The molecule has 2 heterocycles. The summed E-state index contributed by atoms with van der Waals surface area (Å²) in [6.07, 6.45) is 2.14. The Balaban J connectivity index is 1.35. The summed E-state index contributed by atoms with van der Waals surface area (Å²) in [5.41, 5.74) is 4.03. The van der Waals surface area contributed by atoms with Gasteiger partial charge in [0.2, 0.25) is 11.8 Å². The number of halogens is 2. The monoisotopic (exact) mass is 701 g/mol. The number of nitrogens with one attached hydrogen (secondary N) is 1. The van der Waals surface area contributed by atoms with Crippen LogP contribution in [0.4, 0.5) is 0 Å². The molecule has 6 rings (SSSR count). The average Bonchev–Trinajstić information content (AvgIpc) is 3.37. The van der Waals surface area contributed by atoms with Crippen LogP contribution in [0.25, 0.3) is 0 Å². The molecule has 1 N–H and O–H groups in total. The van der Waals surface area contributed by atoms with Gasteiger partial charge in [0.15, 0.2) is 0 Å². The minimum atomic E-state index is -0.962. The Kier molecular flexibility index (Phi) is 10.4. The molecule has 2 aliphatic heterocycles. The van der Waals surface area contributed by atoms with Crippen LogP contribution in [-0.4, -0.2) is 59.0 Å². The maximum Gasteiger partial charge on any atom is 0.235 e. The first kappa shape index (κ1) is 34.4. The Morgan fingerprint density at radius 3 is 2.10 bits per heavy atom. The Labute approximate surface area is 295 Å². The van der Waals surface area contributed by atoms with Crippen LogP contribution in [-0.2, 0) is 36.4 Å². The number of fused-ring (bicyclic) bond motifs is 2. The first-order valence-electron chi connectivity index (χ1n) is 16.4. The number of piperidine rings is 1. The van der Waals surface area contributed by atoms with Crippen LogP contribution in [0.5, 0.6) is 0 Å². The molecule has 4 aromatic carbocycles. The highest BCUT2D eigenvalue weighted by atomic mass is 35.5. The molecule has 9 heteroatoms. The third-order valence-corrected chi connectivity index (χ3v) is 13.1. The number of benzene rings is 4. The molecule has 250 valence electrons. The number of amides is 2. The molecule has 2 aliphatic rings. The molecule has 2 atom stereocenters. The lowest BCUT2D eigenvalue weighted by molar-refractivity contribution is -0.138. The summed E-state index contributed by atoms with van der Waals surface area (Å²) in [6, 6.07) is 33.4. The van der Waals surface area contributed by atoms with E-state index in [1.165, 1.54) is 18.1 Å². The summed E-state index contributed by atoms with van der Waals surface area (Å²) >= 11 is 13.0. The van der Waals surface area contributed by atoms with Gasteiger partial charge in [-0.25, -0.2) is 0 Å². The molecule has 0 aromatic heterocycles. The van der Waals surface area contributed by atoms with E-state index in [2.05, 4.69) is 22.3 Å². The van der Waals surface area contributed by atoms with Crippen molar-refractivity contribution in [2.24, 2.45) is 0 Å². The van der Waals surface area contributed by atoms with E-state index in [-0.39, 0.29) is 23.1 Å². The van der Waals surface area contributed by atoms with Crippen molar-refractivity contribution in [3.05, 3.63) is 141 Å². The van der Waals surface area contributed by atoms with Crippen molar-refractivity contribution in [1.82, 2.24) is 15.1 Å². The van der Waals surface area contributed by atoms with Crippen molar-refractivity contribution in [3.63, 3.8) is 0 Å². The van der Waals surface area contributed by atoms with Crippen LogP contribution < -0.4 is 5.32 Å². The number of likely N-dealkylation sites (N-methyl/N-ethyl adjacent to an activating group) is 1. The molecule has 1 saturated heterocycles. The summed E-state index contributed by atoms with van der Waals surface area (Å²) in [5.74, 6) is -0.238. The van der Waals surface area contributed by atoms with Crippen molar-refractivity contribution in [1.29, 1.82) is 0 Å². The molecule has 0 bridgehead atoms. The van der Waals surface area contributed by atoms with Gasteiger partial charge >= 0.3 is 0 Å². The predicted octanol–water partition coefficient (Wildman–Crippen LogP) is 7.26. The molecule has 4 aromatic rings. The van der Waals surface area contributed by atoms with Gasteiger partial charge in [-0.1, -0.05) is 114 Å². The molecular formula is C39H41Cl2N3O3S. The van der Waals surface area contributed by atoms with Crippen LogP contribution in [0.3, 0.4) is 0 Å². The van der Waals surface area contributed by atoms with Crippen LogP contribution >= 0.6 is 23.2 Å². The zero-order valence-electron chi connectivity index (χ0n) is 27.3. The quantitative estimate of drug-likeness (QED) is 0.189. The van der Waals surface area contributed by atoms with E-state index < -0.39 is 22.3 Å². The van der Waals surface area contributed by atoms with Gasteiger partial charge in [-0.3, -0.25) is 13.8 Å². The number of likely N-dealkylation sites (tertiary alicyclic amines) is 1. The van der Waals surface area contributed by atoms with E-state index in [4.69, 9.17) is 23.2 Å². The summed E-state index contributed by atoms with van der Waals surface area (Å²) in [6.45, 7) is 3.90. The number of carbonyl (C=O) groups excluding carboxylic acids is 2. The van der Waals surface area contributed by atoms with Crippen LogP contribution in [0.2, 0.25) is 10.0 Å². The summed E-state index contributed by atoms with van der Waals surface area (Å²) in [5, 5.41) is 3.85. The zero-order valence-corrected chi connectivity index (χ0v) is 29.7. The summed E-state index contributed by atoms with van der Waals surface area (Å²) in [4.78, 5) is 31.6. The van der Waals surface area contributed by atoms with Crippen molar-refractivity contribution in [2.75, 3.05) is 33.2 Å².